The molecule has 0 bridgehead atoms. The summed E-state index contributed by atoms with van der Waals surface area (Å²) in [7, 11) is 0. The van der Waals surface area contributed by atoms with Crippen LogP contribution in [0.25, 0.3) is 10.0 Å². The van der Waals surface area contributed by atoms with E-state index in [4.69, 9.17) is 0 Å². The molecular formula is C16H12Se2. The first-order valence-corrected chi connectivity index (χ1v) is 9.35. The molecule has 0 saturated carbocycles. The van der Waals surface area contributed by atoms with Gasteiger partial charge < -0.3 is 0 Å². The topological polar surface area (TPSA) is 0 Å². The molecule has 0 saturated heterocycles. The van der Waals surface area contributed by atoms with Gasteiger partial charge in [-0.25, -0.2) is 0 Å². The van der Waals surface area contributed by atoms with Gasteiger partial charge in [-0.3, -0.25) is 0 Å². The molecule has 1 aromatic heterocycles. The van der Waals surface area contributed by atoms with Gasteiger partial charge in [0.2, 0.25) is 0 Å². The van der Waals surface area contributed by atoms with Crippen molar-refractivity contribution in [1.29, 1.82) is 0 Å². The Balaban J connectivity index is 1.93. The Kier molecular flexibility index (Phi) is 3.83. The van der Waals surface area contributed by atoms with Crippen LogP contribution in [0, 0.1) is 0 Å². The second-order valence-corrected chi connectivity index (χ2v) is 8.16. The summed E-state index contributed by atoms with van der Waals surface area (Å²) >= 11 is 0.939. The van der Waals surface area contributed by atoms with E-state index in [1.54, 1.807) is 8.90 Å². The van der Waals surface area contributed by atoms with Crippen LogP contribution in [0.15, 0.2) is 71.7 Å². The second-order valence-electron chi connectivity index (χ2n) is 3.90. The number of hydrogen-bond acceptors (Lipinski definition) is 0. The Labute approximate surface area is 120 Å². The van der Waals surface area contributed by atoms with E-state index in [1.807, 2.05) is 0 Å². The zero-order valence-corrected chi connectivity index (χ0v) is 13.2. The molecule has 3 aromatic rings. The summed E-state index contributed by atoms with van der Waals surface area (Å²) in [4.78, 5) is 2.34. The van der Waals surface area contributed by atoms with Crippen LogP contribution in [0.1, 0.15) is 0 Å². The van der Waals surface area contributed by atoms with E-state index in [2.05, 4.69) is 71.7 Å². The van der Waals surface area contributed by atoms with E-state index >= 15 is 0 Å². The Hall–Kier alpha value is -1.04. The van der Waals surface area contributed by atoms with Gasteiger partial charge in [0.05, 0.1) is 0 Å². The molecule has 1 heterocycles. The van der Waals surface area contributed by atoms with Gasteiger partial charge >= 0.3 is 120 Å². The molecule has 0 amide bonds. The average molecular weight is 362 g/mol. The van der Waals surface area contributed by atoms with Gasteiger partial charge in [-0.15, -0.1) is 0 Å². The summed E-state index contributed by atoms with van der Waals surface area (Å²) in [6.45, 7) is 0. The summed E-state index contributed by atoms with van der Waals surface area (Å²) < 4.78 is 4.56. The van der Waals surface area contributed by atoms with Crippen LogP contribution in [0.3, 0.4) is 0 Å². The van der Waals surface area contributed by atoms with E-state index in [0.717, 1.165) is 0 Å². The fourth-order valence-corrected chi connectivity index (χ4v) is 6.76. The Morgan fingerprint density at radius 1 is 0.722 bits per heavy atom. The van der Waals surface area contributed by atoms with Crippen LogP contribution >= 0.6 is 0 Å². The van der Waals surface area contributed by atoms with E-state index in [-0.39, 0.29) is 0 Å². The van der Waals surface area contributed by atoms with Crippen molar-refractivity contribution >= 4 is 38.4 Å². The Bertz CT molecular complexity index is 612. The van der Waals surface area contributed by atoms with Gasteiger partial charge in [-0.1, -0.05) is 0 Å². The van der Waals surface area contributed by atoms with Crippen molar-refractivity contribution in [3.63, 3.8) is 0 Å². The SMILES string of the molecule is c1ccc([Se]c2cc[se]c2-c2ccccc2)cc1. The summed E-state index contributed by atoms with van der Waals surface area (Å²) in [5.74, 6) is 0. The Morgan fingerprint density at radius 3 is 2.11 bits per heavy atom. The Morgan fingerprint density at radius 2 is 1.39 bits per heavy atom. The van der Waals surface area contributed by atoms with Crippen molar-refractivity contribution in [2.24, 2.45) is 0 Å². The van der Waals surface area contributed by atoms with E-state index in [9.17, 15) is 0 Å². The average Bonchev–Trinajstić information content (AvgIpc) is 2.89. The molecule has 2 heteroatoms. The standard InChI is InChI=1S/C16H12Se2/c1-3-7-13(8-4-1)16-15(11-12-17-16)18-14-9-5-2-6-10-14/h1-12H. The van der Waals surface area contributed by atoms with Crippen molar-refractivity contribution in [3.8, 4) is 10.0 Å². The first-order chi connectivity index (χ1) is 8.93. The molecule has 0 radical (unpaired) electrons. The molecule has 0 aliphatic rings. The molecule has 0 N–H and O–H groups in total. The summed E-state index contributed by atoms with van der Waals surface area (Å²) in [6.07, 6.45) is 0. The van der Waals surface area contributed by atoms with Crippen molar-refractivity contribution in [2.75, 3.05) is 0 Å². The van der Waals surface area contributed by atoms with Gasteiger partial charge in [-0.2, -0.15) is 0 Å². The van der Waals surface area contributed by atoms with E-state index in [1.165, 1.54) is 10.0 Å². The first-order valence-electron chi connectivity index (χ1n) is 5.79. The fraction of sp³-hybridized carbons (Fsp3) is 0. The van der Waals surface area contributed by atoms with Gasteiger partial charge in [0.25, 0.3) is 0 Å². The molecule has 0 nitrogen and oxygen atoms in total. The molecule has 0 aliphatic carbocycles. The monoisotopic (exact) mass is 364 g/mol. The van der Waals surface area contributed by atoms with Crippen molar-refractivity contribution in [1.82, 2.24) is 0 Å². The third-order valence-electron chi connectivity index (χ3n) is 2.64. The maximum absolute atomic E-state index is 2.34. The molecule has 0 unspecified atom stereocenters. The van der Waals surface area contributed by atoms with Crippen LogP contribution in [0.4, 0.5) is 0 Å². The molecule has 0 atom stereocenters. The van der Waals surface area contributed by atoms with Crippen molar-refractivity contribution in [3.05, 3.63) is 71.7 Å². The third kappa shape index (κ3) is 2.68. The predicted molar refractivity (Wildman–Crippen MR) is 80.3 cm³/mol. The van der Waals surface area contributed by atoms with Crippen LogP contribution < -0.4 is 8.92 Å². The second kappa shape index (κ2) is 5.73. The molecular weight excluding hydrogens is 350 g/mol. The van der Waals surface area contributed by atoms with E-state index in [0.29, 0.717) is 29.5 Å². The van der Waals surface area contributed by atoms with Crippen molar-refractivity contribution in [2.45, 2.75) is 0 Å². The van der Waals surface area contributed by atoms with Crippen LogP contribution in [0.5, 0.6) is 0 Å². The van der Waals surface area contributed by atoms with Crippen LogP contribution in [-0.2, 0) is 0 Å². The molecule has 2 aromatic carbocycles. The minimum absolute atomic E-state index is 0.432. The molecule has 0 spiro atoms. The maximum atomic E-state index is 2.34. The molecule has 18 heavy (non-hydrogen) atoms. The summed E-state index contributed by atoms with van der Waals surface area (Å²) in [5, 5.41) is 0. The number of hydrogen-bond donors (Lipinski definition) is 0. The molecule has 88 valence electrons. The minimum atomic E-state index is 0.432. The molecule has 0 aliphatic heterocycles. The quantitative estimate of drug-likeness (QED) is 0.626. The van der Waals surface area contributed by atoms with E-state index < -0.39 is 0 Å². The van der Waals surface area contributed by atoms with Gasteiger partial charge in [0.1, 0.15) is 0 Å². The zero-order chi connectivity index (χ0) is 12.2. The normalized spacial score (nSPS) is 10.4. The first kappa shape index (κ1) is 12.0. The van der Waals surface area contributed by atoms with Crippen LogP contribution in [0.2, 0.25) is 0 Å². The molecule has 0 fully saturated rings. The zero-order valence-electron chi connectivity index (χ0n) is 9.74. The number of rotatable bonds is 3. The van der Waals surface area contributed by atoms with Gasteiger partial charge in [0.15, 0.2) is 0 Å². The van der Waals surface area contributed by atoms with Crippen molar-refractivity contribution < 1.29 is 0 Å². The molecule has 3 rings (SSSR count). The van der Waals surface area contributed by atoms with Gasteiger partial charge in [-0.05, 0) is 0 Å². The third-order valence-corrected chi connectivity index (χ3v) is 7.55. The number of benzene rings is 2. The summed E-state index contributed by atoms with van der Waals surface area (Å²) in [6, 6.07) is 23.9. The summed E-state index contributed by atoms with van der Waals surface area (Å²) in [5.41, 5.74) is 1.40. The van der Waals surface area contributed by atoms with Gasteiger partial charge in [0, 0.05) is 0 Å². The van der Waals surface area contributed by atoms with Crippen LogP contribution in [-0.4, -0.2) is 29.5 Å². The fourth-order valence-electron chi connectivity index (χ4n) is 1.79. The predicted octanol–water partition coefficient (Wildman–Crippen LogP) is 2.07.